The zero-order chi connectivity index (χ0) is 39.1. The monoisotopic (exact) mass is 788 g/mol. The van der Waals surface area contributed by atoms with Crippen LogP contribution in [0.15, 0.2) is 120 Å². The van der Waals surface area contributed by atoms with E-state index in [1.54, 1.807) is 20.0 Å². The molecule has 4 heteroatoms. The Labute approximate surface area is 298 Å². The maximum absolute atomic E-state index is 8.96. The molecule has 0 spiro atoms. The van der Waals surface area contributed by atoms with Gasteiger partial charge in [0.05, 0.1) is 5.58 Å². The van der Waals surface area contributed by atoms with Gasteiger partial charge >= 0.3 is 0 Å². The summed E-state index contributed by atoms with van der Waals surface area (Å²) in [6.07, 6.45) is 1.07. The van der Waals surface area contributed by atoms with Crippen LogP contribution >= 0.6 is 0 Å². The molecular weight excluding hydrogens is 741 g/mol. The Bertz CT molecular complexity index is 2400. The predicted octanol–water partition coefficient (Wildman–Crippen LogP) is 11.0. The van der Waals surface area contributed by atoms with E-state index in [1.165, 1.54) is 30.5 Å². The third-order valence-corrected chi connectivity index (χ3v) is 7.43. The number of para-hydroxylation sites is 1. The first-order valence-corrected chi connectivity index (χ1v) is 14.8. The summed E-state index contributed by atoms with van der Waals surface area (Å²) in [6.45, 7) is 0.542. The molecule has 0 aliphatic carbocycles. The number of hydrogen-bond donors (Lipinski definition) is 0. The van der Waals surface area contributed by atoms with Crippen LogP contribution in [0.5, 0.6) is 0 Å². The summed E-state index contributed by atoms with van der Waals surface area (Å²) in [7, 11) is 0. The van der Waals surface area contributed by atoms with Crippen molar-refractivity contribution in [1.82, 2.24) is 9.97 Å². The number of furan rings is 1. The van der Waals surface area contributed by atoms with Gasteiger partial charge in [0.1, 0.15) is 5.58 Å². The molecule has 0 bridgehead atoms. The van der Waals surface area contributed by atoms with Gasteiger partial charge in [-0.3, -0.25) is 0 Å². The van der Waals surface area contributed by atoms with Gasteiger partial charge in [0.25, 0.3) is 0 Å². The fourth-order valence-electron chi connectivity index (χ4n) is 5.15. The maximum Gasteiger partial charge on any atom is 0.120 e. The van der Waals surface area contributed by atoms with Crippen molar-refractivity contribution in [3.63, 3.8) is 0 Å². The Morgan fingerprint density at radius 3 is 2.41 bits per heavy atom. The first-order chi connectivity index (χ1) is 25.4. The topological polar surface area (TPSA) is 38.9 Å². The summed E-state index contributed by atoms with van der Waals surface area (Å²) in [5, 5.41) is 2.13. The van der Waals surface area contributed by atoms with Gasteiger partial charge in [-0.1, -0.05) is 105 Å². The number of nitrogens with zero attached hydrogens (tertiary/aromatic N) is 2. The molecule has 7 aromatic rings. The van der Waals surface area contributed by atoms with Crippen molar-refractivity contribution < 1.29 is 36.9 Å². The van der Waals surface area contributed by atoms with Crippen LogP contribution in [-0.2, 0) is 26.5 Å². The van der Waals surface area contributed by atoms with E-state index in [9.17, 15) is 0 Å². The number of pyridine rings is 2. The predicted molar refractivity (Wildman–Crippen MR) is 186 cm³/mol. The smallest absolute Gasteiger partial charge is 0.120 e. The third kappa shape index (κ3) is 7.36. The van der Waals surface area contributed by atoms with Crippen molar-refractivity contribution in [2.24, 2.45) is 5.92 Å². The van der Waals surface area contributed by atoms with Crippen molar-refractivity contribution in [2.45, 2.75) is 46.7 Å². The quantitative estimate of drug-likeness (QED) is 0.158. The molecule has 233 valence electrons. The Balaban J connectivity index is 0.000000208. The molecule has 0 aliphatic heterocycles. The van der Waals surface area contributed by atoms with Crippen molar-refractivity contribution in [1.29, 1.82) is 0 Å². The van der Waals surface area contributed by atoms with Crippen LogP contribution in [0.25, 0.3) is 44.5 Å². The summed E-state index contributed by atoms with van der Waals surface area (Å²) in [6, 6.07) is 37.6. The Morgan fingerprint density at radius 1 is 0.826 bits per heavy atom. The average molecular weight is 788 g/mol. The van der Waals surface area contributed by atoms with Gasteiger partial charge in [0.15, 0.2) is 0 Å². The Hall–Kier alpha value is -4.37. The van der Waals surface area contributed by atoms with Crippen LogP contribution in [0, 0.1) is 31.8 Å². The van der Waals surface area contributed by atoms with Gasteiger partial charge in [-0.05, 0) is 59.4 Å². The second kappa shape index (κ2) is 14.8. The van der Waals surface area contributed by atoms with E-state index < -0.39 is 31.9 Å². The Morgan fingerprint density at radius 2 is 1.65 bits per heavy atom. The zero-order valence-electron chi connectivity index (χ0n) is 34.7. The number of rotatable bonds is 6. The van der Waals surface area contributed by atoms with E-state index >= 15 is 0 Å². The minimum atomic E-state index is -2.49. The second-order valence-electron chi connectivity index (χ2n) is 11.0. The largest absolute Gasteiger partial charge is 0.501 e. The fourth-order valence-corrected chi connectivity index (χ4v) is 5.15. The molecule has 4 aromatic carbocycles. The first kappa shape index (κ1) is 23.0. The van der Waals surface area contributed by atoms with Gasteiger partial charge < -0.3 is 14.4 Å². The summed E-state index contributed by atoms with van der Waals surface area (Å²) >= 11 is 0. The number of aromatic nitrogens is 2. The molecule has 0 saturated carbocycles. The van der Waals surface area contributed by atoms with Crippen LogP contribution in [-0.4, -0.2) is 9.97 Å². The maximum atomic E-state index is 8.96. The van der Waals surface area contributed by atoms with E-state index in [2.05, 4.69) is 28.2 Å². The van der Waals surface area contributed by atoms with E-state index in [4.69, 9.17) is 16.8 Å². The number of benzene rings is 4. The van der Waals surface area contributed by atoms with Crippen LogP contribution in [0.3, 0.4) is 0 Å². The second-order valence-corrected chi connectivity index (χ2v) is 11.0. The minimum absolute atomic E-state index is 0. The van der Waals surface area contributed by atoms with E-state index in [-0.39, 0.29) is 36.8 Å². The van der Waals surface area contributed by atoms with E-state index in [0.717, 1.165) is 44.3 Å². The van der Waals surface area contributed by atoms with E-state index in [0.29, 0.717) is 11.3 Å². The molecule has 1 unspecified atom stereocenters. The molecule has 1 radical (unpaired) electrons. The fraction of sp³-hybridized carbons (Fsp3) is 0.190. The van der Waals surface area contributed by atoms with Gasteiger partial charge in [-0.2, -0.15) is 0 Å². The molecule has 46 heavy (non-hydrogen) atoms. The van der Waals surface area contributed by atoms with Crippen LogP contribution < -0.4 is 0 Å². The van der Waals surface area contributed by atoms with Gasteiger partial charge in [-0.25, -0.2) is 0 Å². The molecule has 1 atom stereocenters. The molecule has 0 fully saturated rings. The van der Waals surface area contributed by atoms with Crippen molar-refractivity contribution in [3.8, 4) is 22.5 Å². The molecule has 0 saturated heterocycles. The van der Waals surface area contributed by atoms with Crippen molar-refractivity contribution >= 4 is 21.9 Å². The molecule has 3 aromatic heterocycles. The number of aryl methyl sites for hydroxylation is 2. The van der Waals surface area contributed by atoms with Crippen molar-refractivity contribution in [3.05, 3.63) is 155 Å². The SMILES string of the molecule is [2H]C(C)(c1ccccc1)c1ccnc(-c2[c-]ccc3c2oc2ccccc23)c1.[2H]C([2H])([2H])c1c[c-]c(-c2cc(C([2H])([2H])C(C)C)c(C([2H])([2H])[2H])cn2)cc1.[Ir]. The molecule has 7 rings (SSSR count). The summed E-state index contributed by atoms with van der Waals surface area (Å²) < 4.78 is 76.9. The average Bonchev–Trinajstić information content (AvgIpc) is 3.53. The normalized spacial score (nSPS) is 16.0. The van der Waals surface area contributed by atoms with Gasteiger partial charge in [0.2, 0.25) is 0 Å². The standard InChI is InChI=1S/C25H18NO.C17H20N.Ir/c1-17(18-8-3-2-4-9-18)19-14-15-26-23(16-19)22-12-7-11-21-20-10-5-6-13-24(20)27-25(21)22;1-12(2)9-16-10-17(18-11-14(16)4)15-7-5-13(3)6-8-15;/h2-11,13-17H,1H3;5-7,10-12H,9H2,1-4H3;/q2*-1;/i17D;3D3,4D3,9D2;. The van der Waals surface area contributed by atoms with Crippen LogP contribution in [0.1, 0.15) is 66.8 Å². The zero-order valence-corrected chi connectivity index (χ0v) is 28.1. The molecule has 0 aliphatic rings. The van der Waals surface area contributed by atoms with Gasteiger partial charge in [-0.15, -0.1) is 53.6 Å². The number of hydrogen-bond acceptors (Lipinski definition) is 3. The van der Waals surface area contributed by atoms with Crippen molar-refractivity contribution in [2.75, 3.05) is 0 Å². The molecule has 0 amide bonds. The molecule has 3 nitrogen and oxygen atoms in total. The molecular formula is C42H38IrN2O-2. The third-order valence-electron chi connectivity index (χ3n) is 7.43. The number of fused-ring (bicyclic) bond motifs is 3. The Kier molecular flexibility index (Phi) is 7.42. The minimum Gasteiger partial charge on any atom is -0.501 e. The van der Waals surface area contributed by atoms with Crippen LogP contribution in [0.4, 0.5) is 0 Å². The van der Waals surface area contributed by atoms with E-state index in [1.807, 2.05) is 79.7 Å². The van der Waals surface area contributed by atoms with Gasteiger partial charge in [0, 0.05) is 56.1 Å². The summed E-state index contributed by atoms with van der Waals surface area (Å²) in [5.41, 5.74) is 5.91. The summed E-state index contributed by atoms with van der Waals surface area (Å²) in [5.74, 6) is -1.32. The molecule has 0 N–H and O–H groups in total. The molecule has 3 heterocycles. The first-order valence-electron chi connectivity index (χ1n) is 19.3. The van der Waals surface area contributed by atoms with Crippen LogP contribution in [0.2, 0.25) is 0 Å². The summed E-state index contributed by atoms with van der Waals surface area (Å²) in [4.78, 5) is 8.70.